The average Bonchev–Trinajstić information content (AvgIpc) is 3.28. The average molecular weight is 525 g/mol. The summed E-state index contributed by atoms with van der Waals surface area (Å²) in [4.78, 5) is 14.0. The van der Waals surface area contributed by atoms with Crippen LogP contribution >= 0.6 is 11.7 Å². The van der Waals surface area contributed by atoms with Crippen molar-refractivity contribution in [2.45, 2.75) is 17.6 Å². The summed E-state index contributed by atoms with van der Waals surface area (Å²) in [6.07, 6.45) is -4.78. The Hall–Kier alpha value is -3.58. The Morgan fingerprint density at radius 3 is 2.46 bits per heavy atom. The molecule has 4 aromatic rings. The van der Waals surface area contributed by atoms with Crippen molar-refractivity contribution in [1.82, 2.24) is 13.6 Å². The molecule has 0 spiro atoms. The van der Waals surface area contributed by atoms with Crippen molar-refractivity contribution < 1.29 is 30.8 Å². The van der Waals surface area contributed by atoms with E-state index >= 15 is 0 Å². The molecule has 0 radical (unpaired) electrons. The molecule has 1 aromatic heterocycles. The van der Waals surface area contributed by atoms with Gasteiger partial charge in [-0.3, -0.25) is 9.52 Å². The number of fused-ring (bicyclic) bond motifs is 1. The highest BCUT2D eigenvalue weighted by Crippen LogP contribution is 2.34. The first-order valence-electron chi connectivity index (χ1n) is 9.91. The van der Waals surface area contributed by atoms with Crippen LogP contribution in [0.4, 0.5) is 23.2 Å². The van der Waals surface area contributed by atoms with Gasteiger partial charge in [0.25, 0.3) is 15.9 Å². The van der Waals surface area contributed by atoms with Crippen molar-refractivity contribution in [1.29, 1.82) is 0 Å². The molecule has 13 heteroatoms. The lowest BCUT2D eigenvalue weighted by molar-refractivity contribution is -0.137. The Balaban J connectivity index is 1.72. The summed E-state index contributed by atoms with van der Waals surface area (Å²) < 4.78 is 89.6. The maximum Gasteiger partial charge on any atom is 0.416 e. The van der Waals surface area contributed by atoms with E-state index in [4.69, 9.17) is 0 Å². The Labute approximate surface area is 201 Å². The molecule has 0 unspecified atom stereocenters. The summed E-state index contributed by atoms with van der Waals surface area (Å²) in [5.41, 5.74) is -1.05. The Bertz CT molecular complexity index is 1500. The third-order valence-electron chi connectivity index (χ3n) is 5.04. The number of rotatable bonds is 6. The van der Waals surface area contributed by atoms with Gasteiger partial charge in [0.05, 0.1) is 28.5 Å². The van der Waals surface area contributed by atoms with Crippen molar-refractivity contribution in [2.24, 2.45) is 0 Å². The number of carbonyl (C=O) groups excluding carboxylic acids is 1. The maximum atomic E-state index is 13.4. The standard InChI is InChI=1S/C22H16F4N4O3S2/c1-30(12-13-5-8-15(23)9-6-13)21(31)16-10-7-14(22(24,25)26)11-18(16)29-35(32,33)19-4-2-3-17-20(19)28-34-27-17/h2-11,29H,12H2,1H3. The summed E-state index contributed by atoms with van der Waals surface area (Å²) in [5.74, 6) is -1.21. The molecule has 0 fully saturated rings. The number of amides is 1. The lowest BCUT2D eigenvalue weighted by Gasteiger charge is -2.21. The summed E-state index contributed by atoms with van der Waals surface area (Å²) in [6.45, 7) is 0.0100. The summed E-state index contributed by atoms with van der Waals surface area (Å²) in [6, 6.07) is 11.7. The number of aromatic nitrogens is 2. The highest BCUT2D eigenvalue weighted by atomic mass is 32.2. The van der Waals surface area contributed by atoms with E-state index < -0.39 is 39.2 Å². The minimum Gasteiger partial charge on any atom is -0.337 e. The number of hydrogen-bond donors (Lipinski definition) is 1. The summed E-state index contributed by atoms with van der Waals surface area (Å²) >= 11 is 0.784. The predicted octanol–water partition coefficient (Wildman–Crippen LogP) is 4.92. The van der Waals surface area contributed by atoms with Gasteiger partial charge in [-0.05, 0) is 48.0 Å². The number of halogens is 4. The highest BCUT2D eigenvalue weighted by Gasteiger charge is 2.33. The lowest BCUT2D eigenvalue weighted by atomic mass is 10.1. The van der Waals surface area contributed by atoms with Gasteiger partial charge in [0, 0.05) is 13.6 Å². The molecular weight excluding hydrogens is 508 g/mol. The zero-order valence-corrected chi connectivity index (χ0v) is 19.5. The molecule has 1 amide bonds. The van der Waals surface area contributed by atoms with E-state index in [1.165, 1.54) is 48.3 Å². The fraction of sp³-hybridized carbons (Fsp3) is 0.136. The largest absolute Gasteiger partial charge is 0.416 e. The monoisotopic (exact) mass is 524 g/mol. The van der Waals surface area contributed by atoms with Gasteiger partial charge in [-0.15, -0.1) is 0 Å². The van der Waals surface area contributed by atoms with Gasteiger partial charge in [-0.1, -0.05) is 18.2 Å². The summed E-state index contributed by atoms with van der Waals surface area (Å²) in [5, 5.41) is 0. The van der Waals surface area contributed by atoms with Gasteiger partial charge in [0.15, 0.2) is 0 Å². The fourth-order valence-corrected chi connectivity index (χ4v) is 5.17. The van der Waals surface area contributed by atoms with E-state index in [-0.39, 0.29) is 22.5 Å². The Morgan fingerprint density at radius 1 is 1.06 bits per heavy atom. The molecule has 0 aliphatic heterocycles. The molecule has 1 N–H and O–H groups in total. The molecule has 0 aliphatic rings. The molecule has 0 saturated heterocycles. The van der Waals surface area contributed by atoms with Crippen LogP contribution in [0.15, 0.2) is 65.6 Å². The SMILES string of the molecule is CN(Cc1ccc(F)cc1)C(=O)c1ccc(C(F)(F)F)cc1NS(=O)(=O)c1cccc2nsnc12. The third kappa shape index (κ3) is 5.25. The van der Waals surface area contributed by atoms with Crippen molar-refractivity contribution in [3.8, 4) is 0 Å². The van der Waals surface area contributed by atoms with Crippen molar-refractivity contribution in [3.05, 3.63) is 83.2 Å². The number of carbonyl (C=O) groups is 1. The Morgan fingerprint density at radius 2 is 1.77 bits per heavy atom. The number of nitrogens with zero attached hydrogens (tertiary/aromatic N) is 3. The van der Waals surface area contributed by atoms with Crippen molar-refractivity contribution in [3.63, 3.8) is 0 Å². The van der Waals surface area contributed by atoms with E-state index in [0.717, 1.165) is 17.8 Å². The number of sulfonamides is 1. The minimum atomic E-state index is -4.78. The van der Waals surface area contributed by atoms with Gasteiger partial charge in [0.1, 0.15) is 21.7 Å². The number of hydrogen-bond acceptors (Lipinski definition) is 6. The van der Waals surface area contributed by atoms with Crippen molar-refractivity contribution >= 4 is 44.4 Å². The second-order valence-corrected chi connectivity index (χ2v) is 9.72. The molecule has 4 rings (SSSR count). The van der Waals surface area contributed by atoms with Gasteiger partial charge in [-0.25, -0.2) is 12.8 Å². The molecule has 182 valence electrons. The van der Waals surface area contributed by atoms with Gasteiger partial charge < -0.3 is 4.90 Å². The smallest absolute Gasteiger partial charge is 0.337 e. The topological polar surface area (TPSA) is 92.3 Å². The number of benzene rings is 3. The van der Waals surface area contributed by atoms with Crippen molar-refractivity contribution in [2.75, 3.05) is 11.8 Å². The second kappa shape index (κ2) is 9.23. The zero-order chi connectivity index (χ0) is 25.4. The van der Waals surface area contributed by atoms with E-state index in [1.54, 1.807) is 6.07 Å². The molecule has 0 saturated carbocycles. The third-order valence-corrected chi connectivity index (χ3v) is 6.98. The highest BCUT2D eigenvalue weighted by molar-refractivity contribution is 7.93. The predicted molar refractivity (Wildman–Crippen MR) is 122 cm³/mol. The lowest BCUT2D eigenvalue weighted by Crippen LogP contribution is -2.28. The molecule has 7 nitrogen and oxygen atoms in total. The van der Waals surface area contributed by atoms with Gasteiger partial charge in [-0.2, -0.15) is 21.9 Å². The molecular formula is C22H16F4N4O3S2. The maximum absolute atomic E-state index is 13.4. The van der Waals surface area contributed by atoms with Crippen LogP contribution in [-0.4, -0.2) is 35.0 Å². The molecule has 35 heavy (non-hydrogen) atoms. The summed E-state index contributed by atoms with van der Waals surface area (Å²) in [7, 11) is -3.05. The van der Waals surface area contributed by atoms with Crippen LogP contribution in [-0.2, 0) is 22.7 Å². The normalized spacial score (nSPS) is 12.0. The van der Waals surface area contributed by atoms with E-state index in [1.807, 2.05) is 0 Å². The van der Waals surface area contributed by atoms with Crippen LogP contribution in [0.3, 0.4) is 0 Å². The first-order valence-corrected chi connectivity index (χ1v) is 12.1. The van der Waals surface area contributed by atoms with E-state index in [0.29, 0.717) is 23.2 Å². The van der Waals surface area contributed by atoms with Crippen LogP contribution in [0, 0.1) is 5.82 Å². The zero-order valence-electron chi connectivity index (χ0n) is 17.9. The van der Waals surface area contributed by atoms with Gasteiger partial charge in [0.2, 0.25) is 0 Å². The van der Waals surface area contributed by atoms with Crippen LogP contribution in [0.25, 0.3) is 11.0 Å². The van der Waals surface area contributed by atoms with Crippen LogP contribution < -0.4 is 4.72 Å². The quantitative estimate of drug-likeness (QED) is 0.362. The number of anilines is 1. The number of nitrogens with one attached hydrogen (secondary N) is 1. The van der Waals surface area contributed by atoms with E-state index in [9.17, 15) is 30.8 Å². The number of alkyl halides is 3. The molecule has 0 aliphatic carbocycles. The Kier molecular flexibility index (Phi) is 6.47. The second-order valence-electron chi connectivity index (χ2n) is 7.54. The first-order chi connectivity index (χ1) is 16.5. The van der Waals surface area contributed by atoms with Crippen LogP contribution in [0.5, 0.6) is 0 Å². The molecule has 0 bridgehead atoms. The van der Waals surface area contributed by atoms with Crippen LogP contribution in [0.2, 0.25) is 0 Å². The molecule has 0 atom stereocenters. The molecule has 1 heterocycles. The van der Waals surface area contributed by atoms with E-state index in [2.05, 4.69) is 13.5 Å². The minimum absolute atomic E-state index is 0.0100. The molecule has 3 aromatic carbocycles. The van der Waals surface area contributed by atoms with Gasteiger partial charge >= 0.3 is 6.18 Å². The fourth-order valence-electron chi connectivity index (χ4n) is 3.33. The van der Waals surface area contributed by atoms with Crippen LogP contribution in [0.1, 0.15) is 21.5 Å². The first kappa shape index (κ1) is 24.5.